The number of amides is 1. The van der Waals surface area contributed by atoms with Gasteiger partial charge < -0.3 is 10.4 Å². The largest absolute Gasteiger partial charge is 0.395 e. The van der Waals surface area contributed by atoms with Gasteiger partial charge in [0.25, 0.3) is 0 Å². The molecule has 4 nitrogen and oxygen atoms in total. The number of carbonyl (C=O) groups is 1. The molecule has 3 N–H and O–H groups in total. The molecule has 0 aliphatic heterocycles. The molecule has 1 unspecified atom stereocenters. The van der Waals surface area contributed by atoms with E-state index in [1.165, 1.54) is 0 Å². The lowest BCUT2D eigenvalue weighted by atomic mass is 9.96. The van der Waals surface area contributed by atoms with Gasteiger partial charge in [-0.2, -0.15) is 0 Å². The van der Waals surface area contributed by atoms with Crippen LogP contribution in [0.4, 0.5) is 0 Å². The Labute approximate surface area is 95.5 Å². The van der Waals surface area contributed by atoms with Gasteiger partial charge in [0.15, 0.2) is 0 Å². The molecule has 15 heavy (non-hydrogen) atoms. The second-order valence-electron chi connectivity index (χ2n) is 4.08. The summed E-state index contributed by atoms with van der Waals surface area (Å²) in [5, 5.41) is 12.1. The molecule has 0 bridgehead atoms. The number of nitrogens with one attached hydrogen (secondary N) is 2. The van der Waals surface area contributed by atoms with E-state index in [9.17, 15) is 9.90 Å². The normalized spacial score (nSPS) is 19.7. The van der Waals surface area contributed by atoms with Crippen LogP contribution in [0.1, 0.15) is 32.6 Å². The average molecular weight is 235 g/mol. The van der Waals surface area contributed by atoms with Crippen LogP contribution in [0, 0.1) is 5.92 Å². The zero-order valence-corrected chi connectivity index (χ0v) is 9.76. The molecule has 1 aliphatic carbocycles. The second kappa shape index (κ2) is 6.30. The first kappa shape index (κ1) is 12.7. The molecule has 0 radical (unpaired) electrons. The van der Waals surface area contributed by atoms with Gasteiger partial charge in [0.05, 0.1) is 12.5 Å². The van der Waals surface area contributed by atoms with Gasteiger partial charge in [-0.1, -0.05) is 13.3 Å². The minimum atomic E-state index is -0.442. The molecule has 0 heterocycles. The highest BCUT2D eigenvalue weighted by atomic mass is 35.5. The lowest BCUT2D eigenvalue weighted by molar-refractivity contribution is -0.127. The van der Waals surface area contributed by atoms with Crippen LogP contribution >= 0.6 is 11.8 Å². The van der Waals surface area contributed by atoms with Crippen LogP contribution < -0.4 is 10.2 Å². The van der Waals surface area contributed by atoms with Crippen LogP contribution in [0.5, 0.6) is 0 Å². The fraction of sp³-hybridized carbons (Fsp3) is 0.900. The summed E-state index contributed by atoms with van der Waals surface area (Å²) in [5.41, 5.74) is 0. The molecule has 0 aromatic carbocycles. The highest BCUT2D eigenvalue weighted by Crippen LogP contribution is 2.20. The predicted octanol–water partition coefficient (Wildman–Crippen LogP) is 0.786. The van der Waals surface area contributed by atoms with Gasteiger partial charge in [0.2, 0.25) is 5.91 Å². The summed E-state index contributed by atoms with van der Waals surface area (Å²) >= 11 is 5.57. The highest BCUT2D eigenvalue weighted by molar-refractivity contribution is 6.13. The van der Waals surface area contributed by atoms with Crippen LogP contribution in [0.25, 0.3) is 0 Å². The number of rotatable bonds is 7. The summed E-state index contributed by atoms with van der Waals surface area (Å²) in [6.07, 6.45) is 3.82. The molecule has 5 heteroatoms. The maximum absolute atomic E-state index is 11.7. The van der Waals surface area contributed by atoms with Crippen molar-refractivity contribution in [2.75, 3.05) is 6.61 Å². The van der Waals surface area contributed by atoms with E-state index in [0.717, 1.165) is 25.7 Å². The zero-order chi connectivity index (χ0) is 11.3. The maximum atomic E-state index is 11.7. The average Bonchev–Trinajstić information content (AvgIpc) is 3.01. The number of aliphatic hydroxyl groups excluding tert-OH is 1. The lowest BCUT2D eigenvalue weighted by Crippen LogP contribution is -2.44. The Morgan fingerprint density at radius 2 is 2.27 bits per heavy atom. The molecular weight excluding hydrogens is 216 g/mol. The van der Waals surface area contributed by atoms with Crippen LogP contribution in [-0.2, 0) is 4.79 Å². The fourth-order valence-corrected chi connectivity index (χ4v) is 1.83. The van der Waals surface area contributed by atoms with Gasteiger partial charge in [-0.25, -0.2) is 4.84 Å². The summed E-state index contributed by atoms with van der Waals surface area (Å²) in [6.45, 7) is 1.86. The van der Waals surface area contributed by atoms with E-state index in [0.29, 0.717) is 6.04 Å². The molecule has 0 aromatic rings. The Morgan fingerprint density at radius 1 is 1.60 bits per heavy atom. The first-order chi connectivity index (χ1) is 7.22. The molecule has 1 rings (SSSR count). The molecule has 88 valence electrons. The maximum Gasteiger partial charge on any atom is 0.227 e. The Morgan fingerprint density at radius 3 is 2.67 bits per heavy atom. The number of hydrogen-bond donors (Lipinski definition) is 3. The van der Waals surface area contributed by atoms with Crippen LogP contribution in [0.3, 0.4) is 0 Å². The van der Waals surface area contributed by atoms with Crippen molar-refractivity contribution in [1.29, 1.82) is 0 Å². The van der Waals surface area contributed by atoms with Gasteiger partial charge in [-0.3, -0.25) is 4.79 Å². The quantitative estimate of drug-likeness (QED) is 0.571. The molecular formula is C10H19ClN2O2. The summed E-state index contributed by atoms with van der Waals surface area (Å²) in [6, 6.07) is 0.171. The molecule has 1 fully saturated rings. The summed E-state index contributed by atoms with van der Waals surface area (Å²) < 4.78 is 0. The highest BCUT2D eigenvalue weighted by Gasteiger charge is 2.31. The Hall–Kier alpha value is -0.320. The van der Waals surface area contributed by atoms with Crippen molar-refractivity contribution >= 4 is 17.7 Å². The number of carbonyl (C=O) groups excluding carboxylic acids is 1. The lowest BCUT2D eigenvalue weighted by Gasteiger charge is -2.22. The smallest absolute Gasteiger partial charge is 0.227 e. The summed E-state index contributed by atoms with van der Waals surface area (Å²) in [7, 11) is 0. The predicted molar refractivity (Wildman–Crippen MR) is 59.4 cm³/mol. The molecule has 0 saturated heterocycles. The van der Waals surface area contributed by atoms with E-state index in [1.807, 2.05) is 6.92 Å². The van der Waals surface area contributed by atoms with Crippen molar-refractivity contribution in [3.8, 4) is 0 Å². The van der Waals surface area contributed by atoms with Crippen LogP contribution in [-0.4, -0.2) is 29.7 Å². The topological polar surface area (TPSA) is 61.4 Å². The van der Waals surface area contributed by atoms with Gasteiger partial charge in [-0.15, -0.1) is 0 Å². The van der Waals surface area contributed by atoms with E-state index < -0.39 is 5.92 Å². The van der Waals surface area contributed by atoms with E-state index in [-0.39, 0.29) is 18.6 Å². The SMILES string of the molecule is CCC[C@H](NCl)C(CO)C(=O)NC1CC1. The van der Waals surface area contributed by atoms with Gasteiger partial charge in [0, 0.05) is 12.1 Å². The van der Waals surface area contributed by atoms with Crippen LogP contribution in [0.2, 0.25) is 0 Å². The standard InChI is InChI=1S/C10H19ClN2O2/c1-2-3-9(13-11)8(6-14)10(15)12-7-4-5-7/h7-9,13-14H,2-6H2,1H3,(H,12,15)/t8?,9-/m0/s1. The van der Waals surface area contributed by atoms with Gasteiger partial charge >= 0.3 is 0 Å². The van der Waals surface area contributed by atoms with E-state index in [2.05, 4.69) is 10.2 Å². The second-order valence-corrected chi connectivity index (χ2v) is 4.29. The molecule has 2 atom stereocenters. The Kier molecular flexibility index (Phi) is 5.36. The number of aliphatic hydroxyl groups is 1. The van der Waals surface area contributed by atoms with Gasteiger partial charge in [-0.05, 0) is 31.0 Å². The minimum Gasteiger partial charge on any atom is -0.395 e. The number of halogens is 1. The van der Waals surface area contributed by atoms with Crippen molar-refractivity contribution in [2.24, 2.45) is 5.92 Å². The van der Waals surface area contributed by atoms with Crippen LogP contribution in [0.15, 0.2) is 0 Å². The van der Waals surface area contributed by atoms with Crippen molar-refractivity contribution in [1.82, 2.24) is 10.2 Å². The Bertz CT molecular complexity index is 210. The minimum absolute atomic E-state index is 0.0911. The zero-order valence-electron chi connectivity index (χ0n) is 9.00. The molecule has 0 spiro atoms. The van der Waals surface area contributed by atoms with E-state index >= 15 is 0 Å². The summed E-state index contributed by atoms with van der Waals surface area (Å²) in [4.78, 5) is 14.3. The van der Waals surface area contributed by atoms with Crippen molar-refractivity contribution in [3.63, 3.8) is 0 Å². The van der Waals surface area contributed by atoms with Crippen molar-refractivity contribution in [2.45, 2.75) is 44.7 Å². The molecule has 1 saturated carbocycles. The van der Waals surface area contributed by atoms with Crippen molar-refractivity contribution in [3.05, 3.63) is 0 Å². The molecule has 0 aromatic heterocycles. The third-order valence-corrected chi connectivity index (χ3v) is 2.96. The third kappa shape index (κ3) is 3.97. The Balaban J connectivity index is 2.45. The van der Waals surface area contributed by atoms with E-state index in [4.69, 9.17) is 11.8 Å². The molecule has 1 aliphatic rings. The first-order valence-corrected chi connectivity index (χ1v) is 5.88. The van der Waals surface area contributed by atoms with Gasteiger partial charge in [0.1, 0.15) is 0 Å². The summed E-state index contributed by atoms with van der Waals surface area (Å²) in [5.74, 6) is -0.533. The number of hydrogen-bond acceptors (Lipinski definition) is 3. The monoisotopic (exact) mass is 234 g/mol. The van der Waals surface area contributed by atoms with Crippen molar-refractivity contribution < 1.29 is 9.90 Å². The third-order valence-electron chi connectivity index (χ3n) is 2.68. The fourth-order valence-electron chi connectivity index (χ4n) is 1.57. The molecule has 1 amide bonds. The van der Waals surface area contributed by atoms with E-state index in [1.54, 1.807) is 0 Å². The first-order valence-electron chi connectivity index (χ1n) is 5.50.